The third-order valence-electron chi connectivity index (χ3n) is 1.14. The van der Waals surface area contributed by atoms with E-state index in [0.717, 1.165) is 12.2 Å². The third kappa shape index (κ3) is 1.45. The predicted molar refractivity (Wildman–Crippen MR) is 39.4 cm³/mol. The van der Waals surface area contributed by atoms with Crippen LogP contribution < -0.4 is 5.32 Å². The number of hydrogen-bond acceptors (Lipinski definition) is 3. The van der Waals surface area contributed by atoms with Gasteiger partial charge in [-0.1, -0.05) is 11.7 Å². The van der Waals surface area contributed by atoms with Crippen molar-refractivity contribution < 1.29 is 4.52 Å². The fourth-order valence-corrected chi connectivity index (χ4v) is 0.689. The van der Waals surface area contributed by atoms with Crippen LogP contribution in [0.2, 0.25) is 0 Å². The first-order chi connectivity index (χ1) is 4.86. The van der Waals surface area contributed by atoms with E-state index in [1.165, 1.54) is 0 Å². The van der Waals surface area contributed by atoms with Crippen molar-refractivity contribution in [2.75, 3.05) is 7.05 Å². The van der Waals surface area contributed by atoms with Crippen molar-refractivity contribution in [3.8, 4) is 0 Å². The van der Waals surface area contributed by atoms with E-state index in [1.54, 1.807) is 6.08 Å². The molecule has 0 amide bonds. The van der Waals surface area contributed by atoms with Gasteiger partial charge < -0.3 is 9.84 Å². The molecule has 0 aliphatic rings. The molecule has 0 atom stereocenters. The minimum absolute atomic E-state index is 0.713. The lowest BCUT2D eigenvalue weighted by Crippen LogP contribution is -2.04. The van der Waals surface area contributed by atoms with Gasteiger partial charge in [0, 0.05) is 12.6 Å². The summed E-state index contributed by atoms with van der Waals surface area (Å²) >= 11 is 0. The number of nitrogens with zero attached hydrogens (tertiary/aromatic N) is 1. The molecular weight excluding hydrogens is 128 g/mol. The molecule has 0 spiro atoms. The second-order valence-corrected chi connectivity index (χ2v) is 1.96. The van der Waals surface area contributed by atoms with Gasteiger partial charge in [0.05, 0.1) is 5.69 Å². The van der Waals surface area contributed by atoms with Crippen molar-refractivity contribution in [3.63, 3.8) is 0 Å². The number of hydrogen-bond donors (Lipinski definition) is 1. The van der Waals surface area contributed by atoms with Crippen LogP contribution in [0, 0.1) is 0 Å². The zero-order valence-corrected chi connectivity index (χ0v) is 5.92. The van der Waals surface area contributed by atoms with Crippen LogP contribution in [0.15, 0.2) is 17.2 Å². The highest BCUT2D eigenvalue weighted by atomic mass is 16.5. The van der Waals surface area contributed by atoms with Crippen LogP contribution in [-0.4, -0.2) is 12.2 Å². The molecule has 1 rings (SSSR count). The molecule has 0 bridgehead atoms. The van der Waals surface area contributed by atoms with Gasteiger partial charge in [-0.2, -0.15) is 0 Å². The Morgan fingerprint density at radius 3 is 3.20 bits per heavy atom. The number of rotatable bonds is 3. The Labute approximate surface area is 59.7 Å². The van der Waals surface area contributed by atoms with E-state index in [4.69, 9.17) is 4.52 Å². The Morgan fingerprint density at radius 1 is 1.90 bits per heavy atom. The third-order valence-corrected chi connectivity index (χ3v) is 1.14. The molecule has 0 aliphatic heterocycles. The minimum Gasteiger partial charge on any atom is -0.357 e. The summed E-state index contributed by atoms with van der Waals surface area (Å²) in [5, 5.41) is 6.73. The van der Waals surface area contributed by atoms with Crippen LogP contribution in [0.3, 0.4) is 0 Å². The van der Waals surface area contributed by atoms with Gasteiger partial charge in [0.15, 0.2) is 5.76 Å². The van der Waals surface area contributed by atoms with E-state index < -0.39 is 0 Å². The molecule has 1 aromatic rings. The molecule has 3 heteroatoms. The second kappa shape index (κ2) is 3.17. The van der Waals surface area contributed by atoms with Crippen LogP contribution in [0.5, 0.6) is 0 Å². The van der Waals surface area contributed by atoms with Gasteiger partial charge in [-0.3, -0.25) is 0 Å². The van der Waals surface area contributed by atoms with Crippen molar-refractivity contribution >= 4 is 6.08 Å². The molecule has 0 aromatic carbocycles. The molecule has 0 unspecified atom stereocenters. The lowest BCUT2D eigenvalue weighted by atomic mass is 10.3. The van der Waals surface area contributed by atoms with Gasteiger partial charge in [-0.15, -0.1) is 0 Å². The Balaban J connectivity index is 2.68. The molecule has 0 radical (unpaired) electrons. The zero-order valence-electron chi connectivity index (χ0n) is 5.92. The van der Waals surface area contributed by atoms with E-state index in [0.29, 0.717) is 5.76 Å². The highest BCUT2D eigenvalue weighted by molar-refractivity contribution is 5.38. The number of aromatic nitrogens is 1. The summed E-state index contributed by atoms with van der Waals surface area (Å²) in [7, 11) is 1.86. The van der Waals surface area contributed by atoms with Crippen molar-refractivity contribution in [1.82, 2.24) is 10.5 Å². The molecule has 3 nitrogen and oxygen atoms in total. The van der Waals surface area contributed by atoms with Gasteiger partial charge in [0.25, 0.3) is 0 Å². The van der Waals surface area contributed by atoms with E-state index in [1.807, 2.05) is 13.1 Å². The molecule has 1 heterocycles. The Bertz CT molecular complexity index is 217. The van der Waals surface area contributed by atoms with Crippen LogP contribution in [0.25, 0.3) is 6.08 Å². The predicted octanol–water partition coefficient (Wildman–Crippen LogP) is 1.04. The summed E-state index contributed by atoms with van der Waals surface area (Å²) in [4.78, 5) is 0. The van der Waals surface area contributed by atoms with Gasteiger partial charge in [0.1, 0.15) is 0 Å². The maximum absolute atomic E-state index is 4.86. The van der Waals surface area contributed by atoms with E-state index in [2.05, 4.69) is 17.1 Å². The van der Waals surface area contributed by atoms with Crippen molar-refractivity contribution in [3.05, 3.63) is 24.1 Å². The fourth-order valence-electron chi connectivity index (χ4n) is 0.689. The average Bonchev–Trinajstić information content (AvgIpc) is 2.37. The summed E-state index contributed by atoms with van der Waals surface area (Å²) in [6, 6.07) is 1.85. The molecule has 54 valence electrons. The summed E-state index contributed by atoms with van der Waals surface area (Å²) in [6.45, 7) is 4.28. The Hall–Kier alpha value is -1.09. The summed E-state index contributed by atoms with van der Waals surface area (Å²) in [5.74, 6) is 0.713. The smallest absolute Gasteiger partial charge is 0.159 e. The second-order valence-electron chi connectivity index (χ2n) is 1.96. The summed E-state index contributed by atoms with van der Waals surface area (Å²) in [5.41, 5.74) is 0.900. The quantitative estimate of drug-likeness (QED) is 0.678. The summed E-state index contributed by atoms with van der Waals surface area (Å²) in [6.07, 6.45) is 1.63. The Morgan fingerprint density at radius 2 is 2.70 bits per heavy atom. The van der Waals surface area contributed by atoms with Gasteiger partial charge in [0.2, 0.25) is 0 Å². The molecule has 1 aromatic heterocycles. The van der Waals surface area contributed by atoms with Crippen LogP contribution in [0.4, 0.5) is 0 Å². The zero-order chi connectivity index (χ0) is 7.40. The standard InChI is InChI=1S/C7H10N2O/c1-3-7-4-6(5-8-2)9-10-7/h3-4,8H,1,5H2,2H3. The molecule has 0 saturated carbocycles. The Kier molecular flexibility index (Phi) is 2.23. The van der Waals surface area contributed by atoms with Crippen molar-refractivity contribution in [1.29, 1.82) is 0 Å². The van der Waals surface area contributed by atoms with E-state index in [9.17, 15) is 0 Å². The van der Waals surface area contributed by atoms with E-state index >= 15 is 0 Å². The fraction of sp³-hybridized carbons (Fsp3) is 0.286. The van der Waals surface area contributed by atoms with Gasteiger partial charge in [-0.05, 0) is 13.1 Å². The molecule has 0 aliphatic carbocycles. The molecular formula is C7H10N2O. The highest BCUT2D eigenvalue weighted by Crippen LogP contribution is 2.03. The van der Waals surface area contributed by atoms with Crippen molar-refractivity contribution in [2.45, 2.75) is 6.54 Å². The van der Waals surface area contributed by atoms with Crippen LogP contribution in [0.1, 0.15) is 11.5 Å². The topological polar surface area (TPSA) is 38.1 Å². The SMILES string of the molecule is C=Cc1cc(CNC)no1. The van der Waals surface area contributed by atoms with Crippen LogP contribution >= 0.6 is 0 Å². The van der Waals surface area contributed by atoms with Gasteiger partial charge in [-0.25, -0.2) is 0 Å². The maximum atomic E-state index is 4.86. The van der Waals surface area contributed by atoms with Crippen LogP contribution in [-0.2, 0) is 6.54 Å². The maximum Gasteiger partial charge on any atom is 0.159 e. The van der Waals surface area contributed by atoms with Crippen molar-refractivity contribution in [2.24, 2.45) is 0 Å². The highest BCUT2D eigenvalue weighted by Gasteiger charge is 1.97. The minimum atomic E-state index is 0.713. The summed E-state index contributed by atoms with van der Waals surface area (Å²) < 4.78 is 4.86. The monoisotopic (exact) mass is 138 g/mol. The lowest BCUT2D eigenvalue weighted by molar-refractivity contribution is 0.403. The number of nitrogens with one attached hydrogen (secondary N) is 1. The molecule has 10 heavy (non-hydrogen) atoms. The molecule has 1 N–H and O–H groups in total. The largest absolute Gasteiger partial charge is 0.357 e. The first-order valence-corrected chi connectivity index (χ1v) is 3.09. The molecule has 0 saturated heterocycles. The average molecular weight is 138 g/mol. The molecule has 0 fully saturated rings. The first kappa shape index (κ1) is 7.02. The normalized spacial score (nSPS) is 9.70. The first-order valence-electron chi connectivity index (χ1n) is 3.09. The lowest BCUT2D eigenvalue weighted by Gasteiger charge is -1.86. The van der Waals surface area contributed by atoms with E-state index in [-0.39, 0.29) is 0 Å². The van der Waals surface area contributed by atoms with Gasteiger partial charge >= 0.3 is 0 Å².